The molecule has 0 aliphatic heterocycles. The molecule has 0 aliphatic carbocycles. The number of alkyl halides is 2. The highest BCUT2D eigenvalue weighted by Crippen LogP contribution is 2.33. The van der Waals surface area contributed by atoms with Crippen LogP contribution in [-0.2, 0) is 6.42 Å². The molecule has 0 amide bonds. The van der Waals surface area contributed by atoms with Gasteiger partial charge in [-0.2, -0.15) is 17.6 Å². The zero-order valence-electron chi connectivity index (χ0n) is 16.4. The van der Waals surface area contributed by atoms with Crippen molar-refractivity contribution >= 4 is 0 Å². The summed E-state index contributed by atoms with van der Waals surface area (Å²) in [5, 5.41) is 0. The Morgan fingerprint density at radius 1 is 0.839 bits per heavy atom. The molecular formula is C24H18F6O. The zero-order chi connectivity index (χ0) is 22.6. The Morgan fingerprint density at radius 2 is 1.45 bits per heavy atom. The molecule has 31 heavy (non-hydrogen) atoms. The summed E-state index contributed by atoms with van der Waals surface area (Å²) in [6.07, 6.45) is -5.81. The van der Waals surface area contributed by atoms with Crippen LogP contribution in [0.3, 0.4) is 0 Å². The lowest BCUT2D eigenvalue weighted by atomic mass is 9.98. The molecule has 0 saturated carbocycles. The van der Waals surface area contributed by atoms with Crippen LogP contribution in [0.15, 0.2) is 72.8 Å². The predicted octanol–water partition coefficient (Wildman–Crippen LogP) is 8.00. The van der Waals surface area contributed by atoms with Crippen LogP contribution in [0.2, 0.25) is 0 Å². The van der Waals surface area contributed by atoms with Gasteiger partial charge < -0.3 is 4.74 Å². The number of halogens is 6. The number of ether oxygens (including phenoxy) is 1. The Hall–Kier alpha value is -3.22. The van der Waals surface area contributed by atoms with Gasteiger partial charge in [0.05, 0.1) is 6.08 Å². The Kier molecular flexibility index (Phi) is 6.73. The first-order valence-corrected chi connectivity index (χ1v) is 9.48. The topological polar surface area (TPSA) is 9.23 Å². The van der Waals surface area contributed by atoms with E-state index in [-0.39, 0.29) is 11.1 Å². The fourth-order valence-corrected chi connectivity index (χ4v) is 3.14. The molecule has 3 rings (SSSR count). The van der Waals surface area contributed by atoms with Crippen LogP contribution in [-0.4, -0.2) is 6.11 Å². The van der Waals surface area contributed by atoms with Gasteiger partial charge >= 0.3 is 6.11 Å². The van der Waals surface area contributed by atoms with Gasteiger partial charge in [-0.25, -0.2) is 8.78 Å². The monoisotopic (exact) mass is 436 g/mol. The molecule has 3 aromatic carbocycles. The molecule has 0 fully saturated rings. The van der Waals surface area contributed by atoms with E-state index in [0.717, 1.165) is 30.5 Å². The van der Waals surface area contributed by atoms with E-state index in [1.807, 2.05) is 24.3 Å². The summed E-state index contributed by atoms with van der Waals surface area (Å²) in [7, 11) is 0. The highest BCUT2D eigenvalue weighted by atomic mass is 19.3. The summed E-state index contributed by atoms with van der Waals surface area (Å²) >= 11 is 0. The number of aryl methyl sites for hydroxylation is 1. The van der Waals surface area contributed by atoms with Crippen molar-refractivity contribution in [3.05, 3.63) is 90.0 Å². The maximum atomic E-state index is 14.7. The summed E-state index contributed by atoms with van der Waals surface area (Å²) in [6.45, 7) is 2.08. The Bertz CT molecular complexity index is 1090. The Labute approximate surface area is 175 Å². The lowest BCUT2D eigenvalue weighted by molar-refractivity contribution is -0.135. The first-order chi connectivity index (χ1) is 14.7. The molecule has 0 N–H and O–H groups in total. The third-order valence-electron chi connectivity index (χ3n) is 4.56. The average Bonchev–Trinajstić information content (AvgIpc) is 2.69. The minimum atomic E-state index is -4.39. The minimum Gasteiger partial charge on any atom is -0.426 e. The third kappa shape index (κ3) is 5.69. The molecule has 0 spiro atoms. The number of hydrogen-bond donors (Lipinski definition) is 0. The molecule has 162 valence electrons. The van der Waals surface area contributed by atoms with Crippen LogP contribution < -0.4 is 4.74 Å². The molecule has 0 atom stereocenters. The molecule has 3 aromatic rings. The number of hydrogen-bond acceptors (Lipinski definition) is 1. The van der Waals surface area contributed by atoms with E-state index >= 15 is 0 Å². The van der Waals surface area contributed by atoms with Gasteiger partial charge in [-0.3, -0.25) is 0 Å². The average molecular weight is 436 g/mol. The van der Waals surface area contributed by atoms with Crippen LogP contribution in [0.4, 0.5) is 26.3 Å². The zero-order valence-corrected chi connectivity index (χ0v) is 16.4. The second-order valence-electron chi connectivity index (χ2n) is 6.88. The van der Waals surface area contributed by atoms with Gasteiger partial charge in [0.2, 0.25) is 0 Å². The van der Waals surface area contributed by atoms with Crippen LogP contribution in [0, 0.1) is 11.6 Å². The summed E-state index contributed by atoms with van der Waals surface area (Å²) in [4.78, 5) is 0. The lowest BCUT2D eigenvalue weighted by Crippen LogP contribution is -2.22. The molecular weight excluding hydrogens is 418 g/mol. The molecule has 1 nitrogen and oxygen atoms in total. The SMILES string of the molecule is CCCc1ccc(-c2ccc(-c3ccc(OC(F)(F)C=C(F)F)c(F)c3)c(F)c2)cc1. The first kappa shape index (κ1) is 22.5. The highest BCUT2D eigenvalue weighted by Gasteiger charge is 2.31. The first-order valence-electron chi connectivity index (χ1n) is 9.48. The Morgan fingerprint density at radius 3 is 2.03 bits per heavy atom. The quantitative estimate of drug-likeness (QED) is 0.341. The van der Waals surface area contributed by atoms with Crippen molar-refractivity contribution in [2.75, 3.05) is 0 Å². The smallest absolute Gasteiger partial charge is 0.425 e. The van der Waals surface area contributed by atoms with Gasteiger partial charge in [0.15, 0.2) is 11.6 Å². The number of rotatable bonds is 7. The van der Waals surface area contributed by atoms with Crippen LogP contribution >= 0.6 is 0 Å². The van der Waals surface area contributed by atoms with Gasteiger partial charge in [-0.05, 0) is 46.9 Å². The van der Waals surface area contributed by atoms with Crippen molar-refractivity contribution in [1.82, 2.24) is 0 Å². The maximum absolute atomic E-state index is 14.7. The largest absolute Gasteiger partial charge is 0.426 e. The van der Waals surface area contributed by atoms with Gasteiger partial charge in [0.1, 0.15) is 5.82 Å². The van der Waals surface area contributed by atoms with Gasteiger partial charge in [0.25, 0.3) is 6.08 Å². The molecule has 0 unspecified atom stereocenters. The van der Waals surface area contributed by atoms with Crippen LogP contribution in [0.1, 0.15) is 18.9 Å². The van der Waals surface area contributed by atoms with E-state index < -0.39 is 35.6 Å². The number of benzene rings is 3. The van der Waals surface area contributed by atoms with E-state index in [2.05, 4.69) is 11.7 Å². The molecule has 0 saturated heterocycles. The van der Waals surface area contributed by atoms with Crippen LogP contribution in [0.5, 0.6) is 5.75 Å². The van der Waals surface area contributed by atoms with Gasteiger partial charge in [0, 0.05) is 5.56 Å². The van der Waals surface area contributed by atoms with Gasteiger partial charge in [-0.1, -0.05) is 55.8 Å². The minimum absolute atomic E-state index is 0.0539. The van der Waals surface area contributed by atoms with E-state index in [0.29, 0.717) is 5.56 Å². The standard InChI is InChI=1S/C24H18F6O/c1-2-3-15-4-6-16(7-5-15)17-8-10-19(20(25)12-17)18-9-11-22(21(26)13-18)31-24(29,30)14-23(27)28/h4-14H,2-3H2,1H3. The van der Waals surface area contributed by atoms with Crippen molar-refractivity contribution in [3.63, 3.8) is 0 Å². The molecule has 0 aromatic heterocycles. The summed E-state index contributed by atoms with van der Waals surface area (Å²) in [5.74, 6) is -2.80. The molecule has 0 radical (unpaired) electrons. The maximum Gasteiger partial charge on any atom is 0.425 e. The van der Waals surface area contributed by atoms with E-state index in [9.17, 15) is 26.3 Å². The molecule has 7 heteroatoms. The Balaban J connectivity index is 1.84. The normalized spacial score (nSPS) is 11.3. The fourth-order valence-electron chi connectivity index (χ4n) is 3.14. The highest BCUT2D eigenvalue weighted by molar-refractivity contribution is 5.71. The van der Waals surface area contributed by atoms with Crippen molar-refractivity contribution < 1.29 is 31.1 Å². The summed E-state index contributed by atoms with van der Waals surface area (Å²) in [6, 6.07) is 14.9. The van der Waals surface area contributed by atoms with Crippen molar-refractivity contribution in [2.24, 2.45) is 0 Å². The second kappa shape index (κ2) is 9.29. The van der Waals surface area contributed by atoms with E-state index in [1.54, 1.807) is 6.07 Å². The molecule has 0 heterocycles. The van der Waals surface area contributed by atoms with Crippen molar-refractivity contribution in [1.29, 1.82) is 0 Å². The van der Waals surface area contributed by atoms with Crippen molar-refractivity contribution in [2.45, 2.75) is 25.9 Å². The molecule has 0 aliphatic rings. The predicted molar refractivity (Wildman–Crippen MR) is 107 cm³/mol. The summed E-state index contributed by atoms with van der Waals surface area (Å²) in [5.41, 5.74) is 2.76. The lowest BCUT2D eigenvalue weighted by Gasteiger charge is -2.15. The molecule has 0 bridgehead atoms. The fraction of sp³-hybridized carbons (Fsp3) is 0.167. The second-order valence-corrected chi connectivity index (χ2v) is 6.88. The van der Waals surface area contributed by atoms with E-state index in [4.69, 9.17) is 0 Å². The summed E-state index contributed by atoms with van der Waals surface area (Å²) < 4.78 is 83.6. The van der Waals surface area contributed by atoms with Crippen LogP contribution in [0.25, 0.3) is 22.3 Å². The van der Waals surface area contributed by atoms with Gasteiger partial charge in [-0.15, -0.1) is 0 Å². The van der Waals surface area contributed by atoms with Crippen molar-refractivity contribution in [3.8, 4) is 28.0 Å². The van der Waals surface area contributed by atoms with E-state index in [1.165, 1.54) is 23.8 Å². The third-order valence-corrected chi connectivity index (χ3v) is 4.56.